The number of aliphatic carboxylic acids is 1. The number of halogens is 1. The lowest BCUT2D eigenvalue weighted by Crippen LogP contribution is -2.45. The van der Waals surface area contributed by atoms with Crippen LogP contribution in [0.5, 0.6) is 11.5 Å². The van der Waals surface area contributed by atoms with Crippen LogP contribution in [0.2, 0.25) is 0 Å². The SMILES string of the molecule is COc1ccc(COc2c(B(O)O)ccc(F)c2C[C@H](NC(=O)OC(C)(C)C)C(=O)O)cc1. The van der Waals surface area contributed by atoms with Crippen LogP contribution in [0.3, 0.4) is 0 Å². The zero-order chi connectivity index (χ0) is 24.8. The lowest BCUT2D eigenvalue weighted by atomic mass is 9.78. The lowest BCUT2D eigenvalue weighted by molar-refractivity contribution is -0.139. The summed E-state index contributed by atoms with van der Waals surface area (Å²) in [7, 11) is -0.485. The van der Waals surface area contributed by atoms with Gasteiger partial charge in [-0.1, -0.05) is 18.2 Å². The van der Waals surface area contributed by atoms with Crippen LogP contribution in [0.15, 0.2) is 36.4 Å². The topological polar surface area (TPSA) is 135 Å². The number of methoxy groups -OCH3 is 1. The van der Waals surface area contributed by atoms with Crippen LogP contribution in [0.1, 0.15) is 31.9 Å². The third-order valence-electron chi connectivity index (χ3n) is 4.45. The van der Waals surface area contributed by atoms with Crippen LogP contribution in [-0.4, -0.2) is 53.1 Å². The Labute approximate surface area is 191 Å². The third kappa shape index (κ3) is 7.65. The van der Waals surface area contributed by atoms with Crippen molar-refractivity contribution in [1.29, 1.82) is 0 Å². The number of carbonyl (C=O) groups is 2. The largest absolute Gasteiger partial charge is 0.497 e. The van der Waals surface area contributed by atoms with E-state index in [4.69, 9.17) is 14.2 Å². The number of rotatable bonds is 9. The van der Waals surface area contributed by atoms with Gasteiger partial charge in [0.25, 0.3) is 0 Å². The van der Waals surface area contributed by atoms with Crippen LogP contribution in [0.25, 0.3) is 0 Å². The van der Waals surface area contributed by atoms with E-state index in [2.05, 4.69) is 5.32 Å². The fourth-order valence-electron chi connectivity index (χ4n) is 2.92. The molecule has 0 saturated carbocycles. The first kappa shape index (κ1) is 26.0. The van der Waals surface area contributed by atoms with Crippen molar-refractivity contribution >= 4 is 24.6 Å². The monoisotopic (exact) mass is 463 g/mol. The van der Waals surface area contributed by atoms with E-state index in [-0.39, 0.29) is 23.4 Å². The molecule has 0 bridgehead atoms. The summed E-state index contributed by atoms with van der Waals surface area (Å²) in [5.41, 5.74) is -0.587. The molecule has 1 atom stereocenters. The van der Waals surface area contributed by atoms with E-state index >= 15 is 0 Å². The Morgan fingerprint density at radius 1 is 1.12 bits per heavy atom. The van der Waals surface area contributed by atoms with Crippen molar-refractivity contribution < 1.29 is 43.3 Å². The molecule has 0 fully saturated rings. The summed E-state index contributed by atoms with van der Waals surface area (Å²) in [5.74, 6) is -1.87. The van der Waals surface area contributed by atoms with E-state index in [0.717, 1.165) is 12.1 Å². The van der Waals surface area contributed by atoms with Gasteiger partial charge in [0.15, 0.2) is 0 Å². The Bertz CT molecular complexity index is 976. The van der Waals surface area contributed by atoms with Gasteiger partial charge >= 0.3 is 19.2 Å². The molecule has 11 heteroatoms. The molecule has 4 N–H and O–H groups in total. The molecule has 0 aliphatic rings. The van der Waals surface area contributed by atoms with Gasteiger partial charge in [-0.2, -0.15) is 0 Å². The highest BCUT2D eigenvalue weighted by Crippen LogP contribution is 2.24. The molecular formula is C22H27BFNO8. The van der Waals surface area contributed by atoms with Crippen molar-refractivity contribution in [3.05, 3.63) is 53.3 Å². The molecule has 0 heterocycles. The number of carboxylic acids is 1. The maximum atomic E-state index is 14.8. The van der Waals surface area contributed by atoms with Gasteiger partial charge in [0.2, 0.25) is 0 Å². The van der Waals surface area contributed by atoms with Crippen LogP contribution < -0.4 is 20.3 Å². The molecule has 178 valence electrons. The van der Waals surface area contributed by atoms with Crippen molar-refractivity contribution in [1.82, 2.24) is 5.32 Å². The zero-order valence-corrected chi connectivity index (χ0v) is 18.8. The zero-order valence-electron chi connectivity index (χ0n) is 18.8. The number of nitrogens with one attached hydrogen (secondary N) is 1. The van der Waals surface area contributed by atoms with Crippen molar-refractivity contribution in [3.8, 4) is 11.5 Å². The molecule has 0 aliphatic heterocycles. The minimum Gasteiger partial charge on any atom is -0.497 e. The van der Waals surface area contributed by atoms with Crippen LogP contribution in [0.4, 0.5) is 9.18 Å². The molecule has 0 aromatic heterocycles. The predicted molar refractivity (Wildman–Crippen MR) is 118 cm³/mol. The van der Waals surface area contributed by atoms with E-state index in [1.54, 1.807) is 45.0 Å². The number of alkyl carbamates (subject to hydrolysis) is 1. The molecule has 2 rings (SSSR count). The van der Waals surface area contributed by atoms with Gasteiger partial charge in [-0.3, -0.25) is 0 Å². The number of carboxylic acid groups (broad SMARTS) is 1. The second kappa shape index (κ2) is 11.0. The molecule has 9 nitrogen and oxygen atoms in total. The average molecular weight is 463 g/mol. The van der Waals surface area contributed by atoms with Gasteiger partial charge in [0.1, 0.15) is 35.6 Å². The van der Waals surface area contributed by atoms with Crippen LogP contribution in [0, 0.1) is 5.82 Å². The van der Waals surface area contributed by atoms with Crippen molar-refractivity contribution in [2.24, 2.45) is 0 Å². The number of benzene rings is 2. The standard InChI is InChI=1S/C22H27BFNO8/c1-22(2,3)33-21(28)25-18(20(26)27)11-15-17(24)10-9-16(23(29)30)19(15)32-12-13-5-7-14(31-4)8-6-13/h5-10,18,29-30H,11-12H2,1-4H3,(H,25,28)(H,26,27)/t18-/m0/s1. The fourth-order valence-corrected chi connectivity index (χ4v) is 2.92. The number of hydrogen-bond donors (Lipinski definition) is 4. The third-order valence-corrected chi connectivity index (χ3v) is 4.45. The van der Waals surface area contributed by atoms with Gasteiger partial charge in [-0.25, -0.2) is 14.0 Å². The predicted octanol–water partition coefficient (Wildman–Crippen LogP) is 1.61. The first-order chi connectivity index (χ1) is 15.4. The Morgan fingerprint density at radius 3 is 2.27 bits per heavy atom. The molecule has 2 aromatic rings. The summed E-state index contributed by atoms with van der Waals surface area (Å²) >= 11 is 0. The van der Waals surface area contributed by atoms with Gasteiger partial charge in [-0.15, -0.1) is 0 Å². The molecule has 0 radical (unpaired) electrons. The summed E-state index contributed by atoms with van der Waals surface area (Å²) < 4.78 is 30.6. The number of amides is 1. The van der Waals surface area contributed by atoms with E-state index < -0.39 is 43.1 Å². The van der Waals surface area contributed by atoms with E-state index in [9.17, 15) is 29.1 Å². The van der Waals surface area contributed by atoms with Crippen molar-refractivity contribution in [2.45, 2.75) is 45.4 Å². The van der Waals surface area contributed by atoms with Gasteiger partial charge in [0, 0.05) is 17.4 Å². The number of ether oxygens (including phenoxy) is 3. The molecule has 33 heavy (non-hydrogen) atoms. The van der Waals surface area contributed by atoms with Crippen LogP contribution in [-0.2, 0) is 22.6 Å². The van der Waals surface area contributed by atoms with Crippen LogP contribution >= 0.6 is 0 Å². The molecule has 1 amide bonds. The first-order valence-electron chi connectivity index (χ1n) is 10.1. The normalized spacial score (nSPS) is 12.0. The first-order valence-corrected chi connectivity index (χ1v) is 10.1. The second-order valence-electron chi connectivity index (χ2n) is 8.20. The Hall–Kier alpha value is -3.31. The molecule has 0 unspecified atom stereocenters. The average Bonchev–Trinajstić information content (AvgIpc) is 2.72. The smallest absolute Gasteiger partial charge is 0.492 e. The summed E-state index contributed by atoms with van der Waals surface area (Å²) in [6.45, 7) is 4.76. The van der Waals surface area contributed by atoms with Gasteiger partial charge in [0.05, 0.1) is 7.11 Å². The highest BCUT2D eigenvalue weighted by molar-refractivity contribution is 6.59. The maximum Gasteiger partial charge on any atom is 0.492 e. The highest BCUT2D eigenvalue weighted by Gasteiger charge is 2.29. The molecule has 0 spiro atoms. The number of carbonyl (C=O) groups excluding carboxylic acids is 1. The van der Waals surface area contributed by atoms with E-state index in [1.807, 2.05) is 0 Å². The summed E-state index contributed by atoms with van der Waals surface area (Å²) in [6, 6.07) is 7.33. The summed E-state index contributed by atoms with van der Waals surface area (Å²) in [5, 5.41) is 31.2. The maximum absolute atomic E-state index is 14.8. The van der Waals surface area contributed by atoms with E-state index in [0.29, 0.717) is 11.3 Å². The molecule has 2 aromatic carbocycles. The Morgan fingerprint density at radius 2 is 1.76 bits per heavy atom. The lowest BCUT2D eigenvalue weighted by Gasteiger charge is -2.23. The van der Waals surface area contributed by atoms with Crippen molar-refractivity contribution in [3.63, 3.8) is 0 Å². The number of hydrogen-bond acceptors (Lipinski definition) is 7. The summed E-state index contributed by atoms with van der Waals surface area (Å²) in [4.78, 5) is 23.8. The minimum absolute atomic E-state index is 0.0720. The molecule has 0 saturated heterocycles. The second-order valence-corrected chi connectivity index (χ2v) is 8.20. The minimum atomic E-state index is -2.00. The van der Waals surface area contributed by atoms with Crippen molar-refractivity contribution in [2.75, 3.05) is 7.11 Å². The van der Waals surface area contributed by atoms with Gasteiger partial charge in [-0.05, 0) is 44.5 Å². The van der Waals surface area contributed by atoms with E-state index in [1.165, 1.54) is 7.11 Å². The molecule has 0 aliphatic carbocycles. The van der Waals surface area contributed by atoms with Gasteiger partial charge < -0.3 is 34.7 Å². The highest BCUT2D eigenvalue weighted by atomic mass is 19.1. The Kier molecular flexibility index (Phi) is 8.66. The summed E-state index contributed by atoms with van der Waals surface area (Å²) in [6.07, 6.45) is -1.52. The Balaban J connectivity index is 2.34. The quantitative estimate of drug-likeness (QED) is 0.412. The fraction of sp³-hybridized carbons (Fsp3) is 0.364. The molecular weight excluding hydrogens is 436 g/mol.